The summed E-state index contributed by atoms with van der Waals surface area (Å²) in [5, 5.41) is 0. The molecular formula is C21H36O4S. The zero-order valence-corrected chi connectivity index (χ0v) is 17.1. The largest absolute Gasteiger partial charge is 0.397 e. The summed E-state index contributed by atoms with van der Waals surface area (Å²) >= 11 is 0. The van der Waals surface area contributed by atoms with E-state index in [0.717, 1.165) is 19.3 Å². The van der Waals surface area contributed by atoms with Crippen molar-refractivity contribution in [2.45, 2.75) is 77.6 Å². The van der Waals surface area contributed by atoms with Gasteiger partial charge < -0.3 is 0 Å². The summed E-state index contributed by atoms with van der Waals surface area (Å²) in [4.78, 5) is 0. The maximum absolute atomic E-state index is 10.2. The van der Waals surface area contributed by atoms with Gasteiger partial charge in [-0.1, -0.05) is 101 Å². The van der Waals surface area contributed by atoms with Crippen molar-refractivity contribution in [1.82, 2.24) is 0 Å². The molecule has 0 fully saturated rings. The van der Waals surface area contributed by atoms with Crippen LogP contribution >= 0.6 is 0 Å². The Labute approximate surface area is 160 Å². The Hall–Kier alpha value is -1.17. The number of allylic oxidation sites excluding steroid dienone is 1. The molecule has 0 radical (unpaired) electrons. The van der Waals surface area contributed by atoms with Gasteiger partial charge in [0.15, 0.2) is 0 Å². The van der Waals surface area contributed by atoms with Crippen LogP contribution in [0.5, 0.6) is 0 Å². The molecule has 1 aromatic rings. The lowest BCUT2D eigenvalue weighted by Gasteiger charge is -2.02. The molecule has 0 amide bonds. The molecule has 1 rings (SSSR count). The minimum atomic E-state index is -4.23. The molecule has 1 aromatic carbocycles. The third kappa shape index (κ3) is 19.2. The van der Waals surface area contributed by atoms with Crippen LogP contribution in [-0.2, 0) is 21.0 Å². The molecule has 0 spiro atoms. The van der Waals surface area contributed by atoms with Crippen LogP contribution < -0.4 is 0 Å². The number of benzene rings is 1. The summed E-state index contributed by atoms with van der Waals surface area (Å²) in [5.74, 6) is 0. The number of hydrogen-bond acceptors (Lipinski definition) is 3. The molecule has 0 saturated heterocycles. The van der Waals surface area contributed by atoms with E-state index in [1.807, 2.05) is 24.3 Å². The summed E-state index contributed by atoms with van der Waals surface area (Å²) in [6.45, 7) is 5.97. The van der Waals surface area contributed by atoms with Crippen LogP contribution in [0.1, 0.15) is 76.7 Å². The lowest BCUT2D eigenvalue weighted by atomic mass is 10.1. The Morgan fingerprint density at radius 2 is 1.42 bits per heavy atom. The quantitative estimate of drug-likeness (QED) is 0.238. The lowest BCUT2D eigenvalue weighted by Crippen LogP contribution is -2.04. The molecule has 0 aliphatic rings. The van der Waals surface area contributed by atoms with Gasteiger partial charge in [0.05, 0.1) is 6.61 Å². The SMILES string of the molecule is C=CCc1ccccc1.CCCCCCCCCCCCOS(=O)(=O)O. The van der Waals surface area contributed by atoms with Crippen molar-refractivity contribution in [3.8, 4) is 0 Å². The van der Waals surface area contributed by atoms with Gasteiger partial charge in [-0.15, -0.1) is 6.58 Å². The number of unbranched alkanes of at least 4 members (excludes halogenated alkanes) is 9. The van der Waals surface area contributed by atoms with E-state index in [-0.39, 0.29) is 6.61 Å². The van der Waals surface area contributed by atoms with E-state index in [9.17, 15) is 8.42 Å². The van der Waals surface area contributed by atoms with Crippen LogP contribution in [0.15, 0.2) is 43.0 Å². The van der Waals surface area contributed by atoms with Gasteiger partial charge in [-0.3, -0.25) is 4.55 Å². The van der Waals surface area contributed by atoms with Crippen LogP contribution in [0.2, 0.25) is 0 Å². The highest BCUT2D eigenvalue weighted by Gasteiger charge is 2.02. The summed E-state index contributed by atoms with van der Waals surface area (Å²) in [6, 6.07) is 10.3. The first-order chi connectivity index (χ1) is 12.5. The van der Waals surface area contributed by atoms with E-state index >= 15 is 0 Å². The second-order valence-electron chi connectivity index (χ2n) is 6.41. The number of hydrogen-bond donors (Lipinski definition) is 1. The second kappa shape index (κ2) is 17.3. The van der Waals surface area contributed by atoms with Crippen LogP contribution in [0.3, 0.4) is 0 Å². The molecule has 0 aliphatic heterocycles. The van der Waals surface area contributed by atoms with Gasteiger partial charge in [-0.25, -0.2) is 4.18 Å². The highest BCUT2D eigenvalue weighted by Crippen LogP contribution is 2.10. The molecule has 0 bridgehead atoms. The predicted octanol–water partition coefficient (Wildman–Crippen LogP) is 6.14. The first kappa shape index (κ1) is 24.8. The molecule has 4 nitrogen and oxygen atoms in total. The third-order valence-corrected chi connectivity index (χ3v) is 4.42. The van der Waals surface area contributed by atoms with E-state index in [1.54, 1.807) is 0 Å². The summed E-state index contributed by atoms with van der Waals surface area (Å²) < 4.78 is 33.0. The van der Waals surface area contributed by atoms with E-state index in [0.29, 0.717) is 6.42 Å². The van der Waals surface area contributed by atoms with Gasteiger partial charge in [0, 0.05) is 0 Å². The Balaban J connectivity index is 0.000000577. The molecule has 150 valence electrons. The van der Waals surface area contributed by atoms with Crippen molar-refractivity contribution in [3.63, 3.8) is 0 Å². The molecular weight excluding hydrogens is 348 g/mol. The summed E-state index contributed by atoms with van der Waals surface area (Å²) in [5.41, 5.74) is 1.33. The average Bonchev–Trinajstić information content (AvgIpc) is 2.60. The van der Waals surface area contributed by atoms with Crippen LogP contribution in [-0.4, -0.2) is 19.6 Å². The van der Waals surface area contributed by atoms with Gasteiger partial charge in [-0.05, 0) is 18.4 Å². The molecule has 0 heterocycles. The van der Waals surface area contributed by atoms with E-state index in [2.05, 4.69) is 29.8 Å². The van der Waals surface area contributed by atoms with Crippen molar-refractivity contribution in [2.75, 3.05) is 6.61 Å². The fourth-order valence-corrected chi connectivity index (χ4v) is 2.86. The zero-order chi connectivity index (χ0) is 19.5. The second-order valence-corrected chi connectivity index (χ2v) is 7.50. The Kier molecular flexibility index (Phi) is 16.5. The molecule has 0 saturated carbocycles. The normalized spacial score (nSPS) is 10.8. The van der Waals surface area contributed by atoms with E-state index < -0.39 is 10.4 Å². The van der Waals surface area contributed by atoms with E-state index in [4.69, 9.17) is 4.55 Å². The molecule has 0 unspecified atom stereocenters. The highest BCUT2D eigenvalue weighted by atomic mass is 32.3. The van der Waals surface area contributed by atoms with Crippen molar-refractivity contribution in [2.24, 2.45) is 0 Å². The van der Waals surface area contributed by atoms with Crippen LogP contribution in [0, 0.1) is 0 Å². The van der Waals surface area contributed by atoms with Gasteiger partial charge in [0.25, 0.3) is 0 Å². The number of rotatable bonds is 14. The van der Waals surface area contributed by atoms with Gasteiger partial charge >= 0.3 is 10.4 Å². The minimum absolute atomic E-state index is 0.0926. The van der Waals surface area contributed by atoms with Gasteiger partial charge in [0.2, 0.25) is 0 Å². The molecule has 0 atom stereocenters. The van der Waals surface area contributed by atoms with Gasteiger partial charge in [-0.2, -0.15) is 8.42 Å². The van der Waals surface area contributed by atoms with Gasteiger partial charge in [0.1, 0.15) is 0 Å². The van der Waals surface area contributed by atoms with Crippen molar-refractivity contribution in [1.29, 1.82) is 0 Å². The first-order valence-electron chi connectivity index (χ1n) is 9.76. The van der Waals surface area contributed by atoms with E-state index in [1.165, 1.54) is 50.5 Å². The third-order valence-electron chi connectivity index (χ3n) is 3.95. The van der Waals surface area contributed by atoms with Crippen LogP contribution in [0.4, 0.5) is 0 Å². The molecule has 1 N–H and O–H groups in total. The minimum Gasteiger partial charge on any atom is -0.264 e. The molecule has 0 aliphatic carbocycles. The van der Waals surface area contributed by atoms with Crippen molar-refractivity contribution >= 4 is 10.4 Å². The first-order valence-corrected chi connectivity index (χ1v) is 11.1. The average molecular weight is 385 g/mol. The Morgan fingerprint density at radius 1 is 0.923 bits per heavy atom. The monoisotopic (exact) mass is 384 g/mol. The Morgan fingerprint density at radius 3 is 1.88 bits per heavy atom. The maximum atomic E-state index is 10.2. The lowest BCUT2D eigenvalue weighted by molar-refractivity contribution is 0.261. The highest BCUT2D eigenvalue weighted by molar-refractivity contribution is 7.80. The van der Waals surface area contributed by atoms with Crippen molar-refractivity contribution < 1.29 is 17.2 Å². The Bertz CT molecular complexity index is 526. The van der Waals surface area contributed by atoms with Crippen LogP contribution in [0.25, 0.3) is 0 Å². The molecule has 0 aromatic heterocycles. The summed E-state index contributed by atoms with van der Waals surface area (Å²) in [6.07, 6.45) is 14.7. The fraction of sp³-hybridized carbons (Fsp3) is 0.619. The predicted molar refractivity (Wildman–Crippen MR) is 110 cm³/mol. The standard InChI is InChI=1S/C12H26O4S.C9H10/c1-2-3-4-5-6-7-8-9-10-11-12-16-17(13,14)15;1-2-6-9-7-4-3-5-8-9/h2-12H2,1H3,(H,13,14,15);2-5,7-8H,1,6H2. The fourth-order valence-electron chi connectivity index (χ4n) is 2.53. The maximum Gasteiger partial charge on any atom is 0.397 e. The molecule has 26 heavy (non-hydrogen) atoms. The zero-order valence-electron chi connectivity index (χ0n) is 16.2. The topological polar surface area (TPSA) is 63.6 Å². The van der Waals surface area contributed by atoms with Crippen molar-refractivity contribution in [3.05, 3.63) is 48.6 Å². The summed E-state index contributed by atoms with van der Waals surface area (Å²) in [7, 11) is -4.23. The smallest absolute Gasteiger partial charge is 0.264 e. The molecule has 5 heteroatoms.